The number of pyridine rings is 1. The number of alkyl halides is 2. The number of benzene rings is 1. The molecule has 3 N–H and O–H groups in total. The minimum Gasteiger partial charge on any atom is -0.435 e. The number of carbonyl (C=O) groups excluding carboxylic acids is 2. The molecule has 2 atom stereocenters. The monoisotopic (exact) mass is 602 g/mol. The molecule has 2 aliphatic rings. The molecule has 0 unspecified atom stereocenters. The van der Waals surface area contributed by atoms with Gasteiger partial charge in [0, 0.05) is 31.0 Å². The van der Waals surface area contributed by atoms with Gasteiger partial charge in [-0.1, -0.05) is 23.7 Å². The zero-order valence-corrected chi connectivity index (χ0v) is 23.4. The molecule has 0 spiro atoms. The number of nitrogens with zero attached hydrogens (tertiary/aromatic N) is 4. The van der Waals surface area contributed by atoms with Crippen molar-refractivity contribution in [1.29, 1.82) is 0 Å². The summed E-state index contributed by atoms with van der Waals surface area (Å²) in [4.78, 5) is 41.2. The number of aromatic nitrogens is 3. The molecule has 2 aliphatic heterocycles. The molecule has 0 radical (unpaired) electrons. The molecule has 0 bridgehead atoms. The SMILES string of the molecule is C[C@H](C(=O)N[C@H](CO)c1cccc(OC(F)F)c1)N1Cc2ncc(-c3nc(NC4CCOCC4)ncc3Cl)cc2C1=O. The van der Waals surface area contributed by atoms with Gasteiger partial charge in [-0.15, -0.1) is 0 Å². The maximum Gasteiger partial charge on any atom is 0.387 e. The summed E-state index contributed by atoms with van der Waals surface area (Å²) >= 11 is 6.41. The van der Waals surface area contributed by atoms with Crippen LogP contribution in [-0.2, 0) is 16.1 Å². The Labute approximate surface area is 245 Å². The first-order valence-electron chi connectivity index (χ1n) is 13.4. The average molecular weight is 603 g/mol. The number of ether oxygens (including phenoxy) is 2. The van der Waals surface area contributed by atoms with E-state index in [9.17, 15) is 23.5 Å². The van der Waals surface area contributed by atoms with Gasteiger partial charge in [0.25, 0.3) is 5.91 Å². The zero-order chi connectivity index (χ0) is 29.8. The van der Waals surface area contributed by atoms with Crippen molar-refractivity contribution in [2.45, 2.75) is 51.0 Å². The van der Waals surface area contributed by atoms with Crippen molar-refractivity contribution < 1.29 is 33.0 Å². The normalized spacial score (nSPS) is 16.7. The van der Waals surface area contributed by atoms with Crippen LogP contribution in [0.4, 0.5) is 14.7 Å². The fraction of sp³-hybridized carbons (Fsp3) is 0.393. The molecule has 0 saturated carbocycles. The Balaban J connectivity index is 1.29. The number of rotatable bonds is 10. The fourth-order valence-electron chi connectivity index (χ4n) is 4.87. The maximum atomic E-state index is 13.4. The summed E-state index contributed by atoms with van der Waals surface area (Å²) in [5.41, 5.74) is 2.11. The summed E-state index contributed by atoms with van der Waals surface area (Å²) in [6.07, 6.45) is 4.72. The van der Waals surface area contributed by atoms with Gasteiger partial charge in [0.1, 0.15) is 11.8 Å². The van der Waals surface area contributed by atoms with Crippen LogP contribution in [0, 0.1) is 0 Å². The molecular weight excluding hydrogens is 574 g/mol. The second-order valence-electron chi connectivity index (χ2n) is 9.94. The number of anilines is 1. The van der Waals surface area contributed by atoms with Crippen molar-refractivity contribution in [2.24, 2.45) is 0 Å². The number of aliphatic hydroxyl groups is 1. The third-order valence-corrected chi connectivity index (χ3v) is 7.46. The van der Waals surface area contributed by atoms with Crippen LogP contribution in [0.15, 0.2) is 42.7 Å². The summed E-state index contributed by atoms with van der Waals surface area (Å²) < 4.78 is 35.0. The molecule has 14 heteroatoms. The highest BCUT2D eigenvalue weighted by atomic mass is 35.5. The second kappa shape index (κ2) is 12.9. The van der Waals surface area contributed by atoms with E-state index in [-0.39, 0.29) is 18.3 Å². The van der Waals surface area contributed by atoms with E-state index < -0.39 is 37.1 Å². The van der Waals surface area contributed by atoms with Crippen LogP contribution in [0.5, 0.6) is 5.75 Å². The number of carbonyl (C=O) groups is 2. The van der Waals surface area contributed by atoms with Gasteiger partial charge in [0.15, 0.2) is 0 Å². The lowest BCUT2D eigenvalue weighted by atomic mass is 10.1. The van der Waals surface area contributed by atoms with Crippen LogP contribution in [-0.4, -0.2) is 75.3 Å². The Bertz CT molecular complexity index is 1460. The lowest BCUT2D eigenvalue weighted by Crippen LogP contribution is -2.46. The largest absolute Gasteiger partial charge is 0.435 e. The number of fused-ring (bicyclic) bond motifs is 1. The van der Waals surface area contributed by atoms with Crippen LogP contribution < -0.4 is 15.4 Å². The third-order valence-electron chi connectivity index (χ3n) is 7.19. The minimum absolute atomic E-state index is 0.0958. The predicted octanol–water partition coefficient (Wildman–Crippen LogP) is 3.58. The second-order valence-corrected chi connectivity index (χ2v) is 10.4. The molecule has 3 aromatic rings. The molecule has 5 rings (SSSR count). The van der Waals surface area contributed by atoms with Crippen molar-refractivity contribution >= 4 is 29.4 Å². The van der Waals surface area contributed by atoms with Gasteiger partial charge in [0.2, 0.25) is 11.9 Å². The topological polar surface area (TPSA) is 139 Å². The van der Waals surface area contributed by atoms with Crippen LogP contribution >= 0.6 is 11.6 Å². The van der Waals surface area contributed by atoms with Gasteiger partial charge in [-0.25, -0.2) is 9.97 Å². The number of hydrogen-bond acceptors (Lipinski definition) is 9. The van der Waals surface area contributed by atoms with Crippen LogP contribution in [0.2, 0.25) is 5.02 Å². The molecule has 1 fully saturated rings. The highest BCUT2D eigenvalue weighted by Gasteiger charge is 2.36. The van der Waals surface area contributed by atoms with Gasteiger partial charge < -0.3 is 30.1 Å². The van der Waals surface area contributed by atoms with E-state index in [1.807, 2.05) is 0 Å². The fourth-order valence-corrected chi connectivity index (χ4v) is 5.07. The van der Waals surface area contributed by atoms with Crippen LogP contribution in [0.3, 0.4) is 0 Å². The lowest BCUT2D eigenvalue weighted by molar-refractivity contribution is -0.126. The summed E-state index contributed by atoms with van der Waals surface area (Å²) in [5.74, 6) is -0.644. The van der Waals surface area contributed by atoms with E-state index in [0.29, 0.717) is 52.3 Å². The van der Waals surface area contributed by atoms with Gasteiger partial charge in [-0.2, -0.15) is 8.78 Å². The standard InChI is InChI=1S/C28H29ClF2N6O5/c1-15(25(39)35-23(14-38)16-3-2-4-19(9-16)42-27(30)31)37-13-22-20(26(37)40)10-17(11-32-22)24-21(29)12-33-28(36-24)34-18-5-7-41-8-6-18/h2-4,9-12,15,18,23,27,38H,5-8,13-14H2,1H3,(H,35,39)(H,33,34,36)/t15-,23-/m1/s1. The van der Waals surface area contributed by atoms with Gasteiger partial charge in [-0.05, 0) is 43.5 Å². The first-order valence-corrected chi connectivity index (χ1v) is 13.7. The smallest absolute Gasteiger partial charge is 0.387 e. The molecule has 0 aliphatic carbocycles. The van der Waals surface area contributed by atoms with E-state index >= 15 is 0 Å². The molecule has 42 heavy (non-hydrogen) atoms. The number of halogens is 3. The van der Waals surface area contributed by atoms with E-state index in [1.165, 1.54) is 29.3 Å². The van der Waals surface area contributed by atoms with Gasteiger partial charge in [0.05, 0.1) is 47.4 Å². The highest BCUT2D eigenvalue weighted by Crippen LogP contribution is 2.31. The predicted molar refractivity (Wildman–Crippen MR) is 148 cm³/mol. The van der Waals surface area contributed by atoms with Crippen molar-refractivity contribution in [2.75, 3.05) is 25.1 Å². The Morgan fingerprint density at radius 1 is 1.24 bits per heavy atom. The average Bonchev–Trinajstić information content (AvgIpc) is 3.32. The van der Waals surface area contributed by atoms with Crippen molar-refractivity contribution in [1.82, 2.24) is 25.2 Å². The quantitative estimate of drug-likeness (QED) is 0.318. The molecule has 11 nitrogen and oxygen atoms in total. The molecule has 2 aromatic heterocycles. The van der Waals surface area contributed by atoms with Gasteiger partial charge >= 0.3 is 6.61 Å². The number of aliphatic hydroxyl groups excluding tert-OH is 1. The Hall–Kier alpha value is -3.94. The van der Waals surface area contributed by atoms with Crippen LogP contribution in [0.25, 0.3) is 11.3 Å². The molecular formula is C28H29ClF2N6O5. The minimum atomic E-state index is -3.01. The number of nitrogens with one attached hydrogen (secondary N) is 2. The lowest BCUT2D eigenvalue weighted by Gasteiger charge is -2.26. The van der Waals surface area contributed by atoms with E-state index in [4.69, 9.17) is 16.3 Å². The van der Waals surface area contributed by atoms with Crippen molar-refractivity contribution in [3.63, 3.8) is 0 Å². The highest BCUT2D eigenvalue weighted by molar-refractivity contribution is 6.33. The molecule has 1 saturated heterocycles. The van der Waals surface area contributed by atoms with Crippen molar-refractivity contribution in [3.05, 3.63) is 64.6 Å². The van der Waals surface area contributed by atoms with E-state index in [1.54, 1.807) is 25.3 Å². The molecule has 1 aromatic carbocycles. The van der Waals surface area contributed by atoms with E-state index in [2.05, 4.69) is 30.3 Å². The molecule has 222 valence electrons. The first-order chi connectivity index (χ1) is 20.2. The summed E-state index contributed by atoms with van der Waals surface area (Å²) in [6, 6.07) is 5.67. The zero-order valence-electron chi connectivity index (χ0n) is 22.6. The van der Waals surface area contributed by atoms with E-state index in [0.717, 1.165) is 12.8 Å². The number of hydrogen-bond donors (Lipinski definition) is 3. The summed E-state index contributed by atoms with van der Waals surface area (Å²) in [5, 5.41) is 16.2. The maximum absolute atomic E-state index is 13.4. The summed E-state index contributed by atoms with van der Waals surface area (Å²) in [6.45, 7) is -0.543. The third kappa shape index (κ3) is 6.58. The Morgan fingerprint density at radius 3 is 2.76 bits per heavy atom. The Kier molecular flexibility index (Phi) is 9.09. The molecule has 2 amide bonds. The van der Waals surface area contributed by atoms with Crippen molar-refractivity contribution in [3.8, 4) is 17.0 Å². The van der Waals surface area contributed by atoms with Gasteiger partial charge in [-0.3, -0.25) is 14.6 Å². The number of amides is 2. The summed E-state index contributed by atoms with van der Waals surface area (Å²) in [7, 11) is 0. The van der Waals surface area contributed by atoms with Crippen LogP contribution in [0.1, 0.15) is 47.4 Å². The first kappa shape index (κ1) is 29.5. The Morgan fingerprint density at radius 2 is 2.02 bits per heavy atom. The molecule has 4 heterocycles.